The van der Waals surface area contributed by atoms with Crippen molar-refractivity contribution in [2.75, 3.05) is 26.2 Å². The lowest BCUT2D eigenvalue weighted by Crippen LogP contribution is -2.39. The number of hydrogen-bond donors (Lipinski definition) is 1. The molecule has 0 unspecified atom stereocenters. The van der Waals surface area contributed by atoms with E-state index in [0.29, 0.717) is 19.6 Å². The predicted octanol–water partition coefficient (Wildman–Crippen LogP) is -0.135. The van der Waals surface area contributed by atoms with Crippen LogP contribution in [0.15, 0.2) is 0 Å². The van der Waals surface area contributed by atoms with Gasteiger partial charge in [0.05, 0.1) is 38.1 Å². The fraction of sp³-hybridized carbons (Fsp3) is 0.545. The van der Waals surface area contributed by atoms with Gasteiger partial charge in [-0.25, -0.2) is 0 Å². The Hall–Kier alpha value is -2.03. The number of hydrogen-bond acceptors (Lipinski definition) is 4. The molecule has 16 heavy (non-hydrogen) atoms. The SMILES string of the molecule is C#CCNCC(=O)N(CCC#N)CCC#N. The van der Waals surface area contributed by atoms with Crippen LogP contribution >= 0.6 is 0 Å². The third kappa shape index (κ3) is 6.43. The molecule has 0 saturated heterocycles. The molecular weight excluding hydrogens is 204 g/mol. The lowest BCUT2D eigenvalue weighted by molar-refractivity contribution is -0.130. The zero-order chi connectivity index (χ0) is 12.2. The number of carbonyl (C=O) groups excluding carboxylic acids is 1. The Morgan fingerprint density at radius 3 is 2.25 bits per heavy atom. The van der Waals surface area contributed by atoms with Gasteiger partial charge in [-0.05, 0) is 0 Å². The summed E-state index contributed by atoms with van der Waals surface area (Å²) in [5, 5.41) is 19.7. The predicted molar refractivity (Wildman–Crippen MR) is 58.7 cm³/mol. The molecule has 0 radical (unpaired) electrons. The molecule has 1 amide bonds. The van der Waals surface area contributed by atoms with Gasteiger partial charge in [0.15, 0.2) is 0 Å². The second-order valence-electron chi connectivity index (χ2n) is 3.00. The van der Waals surface area contributed by atoms with Crippen molar-refractivity contribution in [3.63, 3.8) is 0 Å². The maximum Gasteiger partial charge on any atom is 0.236 e. The van der Waals surface area contributed by atoms with E-state index in [1.165, 1.54) is 4.90 Å². The Labute approximate surface area is 95.6 Å². The average Bonchev–Trinajstić information content (AvgIpc) is 2.29. The largest absolute Gasteiger partial charge is 0.340 e. The lowest BCUT2D eigenvalue weighted by atomic mass is 10.3. The van der Waals surface area contributed by atoms with Gasteiger partial charge in [-0.3, -0.25) is 10.1 Å². The highest BCUT2D eigenvalue weighted by atomic mass is 16.2. The number of rotatable bonds is 7. The van der Waals surface area contributed by atoms with Crippen LogP contribution in [-0.2, 0) is 4.79 Å². The third-order valence-corrected chi connectivity index (χ3v) is 1.84. The standard InChI is InChI=1S/C11H14N4O/c1-2-7-14-10-11(16)15(8-3-5-12)9-4-6-13/h1,14H,3-4,7-10H2. The second kappa shape index (κ2) is 9.52. The van der Waals surface area contributed by atoms with E-state index in [1.807, 2.05) is 12.1 Å². The van der Waals surface area contributed by atoms with Crippen LogP contribution in [-0.4, -0.2) is 37.0 Å². The number of nitrogens with one attached hydrogen (secondary N) is 1. The van der Waals surface area contributed by atoms with Gasteiger partial charge in [0, 0.05) is 13.1 Å². The monoisotopic (exact) mass is 218 g/mol. The summed E-state index contributed by atoms with van der Waals surface area (Å²) in [5.74, 6) is 2.22. The topological polar surface area (TPSA) is 79.9 Å². The van der Waals surface area contributed by atoms with Crippen LogP contribution in [0.25, 0.3) is 0 Å². The molecule has 5 nitrogen and oxygen atoms in total. The Morgan fingerprint density at radius 2 is 1.81 bits per heavy atom. The van der Waals surface area contributed by atoms with E-state index in [9.17, 15) is 4.79 Å². The van der Waals surface area contributed by atoms with Crippen molar-refractivity contribution in [2.24, 2.45) is 0 Å². The number of terminal acetylenes is 1. The Morgan fingerprint density at radius 1 is 1.25 bits per heavy atom. The number of nitriles is 2. The quantitative estimate of drug-likeness (QED) is 0.476. The van der Waals surface area contributed by atoms with Crippen LogP contribution in [0, 0.1) is 35.0 Å². The smallest absolute Gasteiger partial charge is 0.236 e. The molecule has 0 aromatic heterocycles. The van der Waals surface area contributed by atoms with Crippen molar-refractivity contribution in [3.05, 3.63) is 0 Å². The molecule has 0 spiro atoms. The first kappa shape index (κ1) is 14.0. The van der Waals surface area contributed by atoms with E-state index in [-0.39, 0.29) is 25.3 Å². The van der Waals surface area contributed by atoms with Crippen molar-refractivity contribution < 1.29 is 4.79 Å². The van der Waals surface area contributed by atoms with E-state index in [0.717, 1.165) is 0 Å². The number of amides is 1. The van der Waals surface area contributed by atoms with Crippen LogP contribution in [0.2, 0.25) is 0 Å². The van der Waals surface area contributed by atoms with Gasteiger partial charge >= 0.3 is 0 Å². The van der Waals surface area contributed by atoms with E-state index in [4.69, 9.17) is 16.9 Å². The first-order chi connectivity index (χ1) is 7.76. The van der Waals surface area contributed by atoms with Crippen LogP contribution < -0.4 is 5.32 Å². The van der Waals surface area contributed by atoms with Gasteiger partial charge in [0.1, 0.15) is 0 Å². The van der Waals surface area contributed by atoms with Crippen molar-refractivity contribution in [1.29, 1.82) is 10.5 Å². The molecule has 5 heteroatoms. The molecule has 0 aromatic rings. The maximum absolute atomic E-state index is 11.6. The molecule has 0 bridgehead atoms. The summed E-state index contributed by atoms with van der Waals surface area (Å²) in [4.78, 5) is 13.1. The highest BCUT2D eigenvalue weighted by molar-refractivity contribution is 5.78. The van der Waals surface area contributed by atoms with E-state index >= 15 is 0 Å². The molecule has 0 saturated carbocycles. The molecule has 0 heterocycles. The molecule has 1 N–H and O–H groups in total. The average molecular weight is 218 g/mol. The van der Waals surface area contributed by atoms with Crippen molar-refractivity contribution >= 4 is 5.91 Å². The summed E-state index contributed by atoms with van der Waals surface area (Å²) in [6, 6.07) is 3.93. The second-order valence-corrected chi connectivity index (χ2v) is 3.00. The molecule has 0 aromatic carbocycles. The molecule has 0 aliphatic rings. The molecule has 0 atom stereocenters. The zero-order valence-electron chi connectivity index (χ0n) is 9.07. The number of nitrogens with zero attached hydrogens (tertiary/aromatic N) is 3. The van der Waals surface area contributed by atoms with Crippen molar-refractivity contribution in [3.8, 4) is 24.5 Å². The number of carbonyl (C=O) groups is 1. The fourth-order valence-corrected chi connectivity index (χ4v) is 1.08. The molecular formula is C11H14N4O. The minimum Gasteiger partial charge on any atom is -0.340 e. The molecule has 0 aliphatic carbocycles. The fourth-order valence-electron chi connectivity index (χ4n) is 1.08. The first-order valence-electron chi connectivity index (χ1n) is 4.92. The van der Waals surface area contributed by atoms with E-state index in [1.54, 1.807) is 0 Å². The molecule has 0 aliphatic heterocycles. The molecule has 0 rings (SSSR count). The summed E-state index contributed by atoms with van der Waals surface area (Å²) >= 11 is 0. The van der Waals surface area contributed by atoms with Gasteiger partial charge in [-0.2, -0.15) is 10.5 Å². The summed E-state index contributed by atoms with van der Waals surface area (Å²) in [7, 11) is 0. The Bertz CT molecular complexity index is 313. The van der Waals surface area contributed by atoms with Gasteiger partial charge in [-0.1, -0.05) is 5.92 Å². The summed E-state index contributed by atoms with van der Waals surface area (Å²) in [5.41, 5.74) is 0. The van der Waals surface area contributed by atoms with Crippen LogP contribution in [0.5, 0.6) is 0 Å². The highest BCUT2D eigenvalue weighted by Gasteiger charge is 2.11. The van der Waals surface area contributed by atoms with Crippen LogP contribution in [0.3, 0.4) is 0 Å². The zero-order valence-corrected chi connectivity index (χ0v) is 9.07. The summed E-state index contributed by atoms with van der Waals surface area (Å²) < 4.78 is 0. The van der Waals surface area contributed by atoms with Gasteiger partial charge in [0.2, 0.25) is 5.91 Å². The molecule has 0 fully saturated rings. The summed E-state index contributed by atoms with van der Waals surface area (Å²) in [6.07, 6.45) is 5.57. The Kier molecular flexibility index (Phi) is 8.31. The lowest BCUT2D eigenvalue weighted by Gasteiger charge is -2.20. The van der Waals surface area contributed by atoms with Gasteiger partial charge in [0.25, 0.3) is 0 Å². The van der Waals surface area contributed by atoms with E-state index in [2.05, 4.69) is 11.2 Å². The normalized spacial score (nSPS) is 8.56. The van der Waals surface area contributed by atoms with Gasteiger partial charge in [-0.15, -0.1) is 6.42 Å². The highest BCUT2D eigenvalue weighted by Crippen LogP contribution is 1.94. The summed E-state index contributed by atoms with van der Waals surface area (Å²) in [6.45, 7) is 1.18. The van der Waals surface area contributed by atoms with Crippen LogP contribution in [0.1, 0.15) is 12.8 Å². The van der Waals surface area contributed by atoms with Crippen molar-refractivity contribution in [1.82, 2.24) is 10.2 Å². The Balaban J connectivity index is 4.06. The first-order valence-corrected chi connectivity index (χ1v) is 4.92. The minimum absolute atomic E-state index is 0.138. The van der Waals surface area contributed by atoms with Gasteiger partial charge < -0.3 is 4.90 Å². The van der Waals surface area contributed by atoms with E-state index < -0.39 is 0 Å². The molecule has 84 valence electrons. The van der Waals surface area contributed by atoms with Crippen LogP contribution in [0.4, 0.5) is 0 Å². The van der Waals surface area contributed by atoms with Crippen molar-refractivity contribution in [2.45, 2.75) is 12.8 Å². The minimum atomic E-state index is -0.138. The third-order valence-electron chi connectivity index (χ3n) is 1.84. The maximum atomic E-state index is 11.6.